The second-order valence-corrected chi connectivity index (χ2v) is 5.90. The smallest absolute Gasteiger partial charge is 0.146 e. The summed E-state index contributed by atoms with van der Waals surface area (Å²) in [5, 5.41) is 0.686. The van der Waals surface area contributed by atoms with E-state index >= 15 is 0 Å². The summed E-state index contributed by atoms with van der Waals surface area (Å²) in [6.07, 6.45) is 4.14. The monoisotopic (exact) mass is 238 g/mol. The van der Waals surface area contributed by atoms with Gasteiger partial charge in [-0.1, -0.05) is 19.9 Å². The molecule has 4 heteroatoms. The van der Waals surface area contributed by atoms with Crippen LogP contribution in [-0.2, 0) is 11.0 Å². The summed E-state index contributed by atoms with van der Waals surface area (Å²) in [7, 11) is -1.06. The lowest BCUT2D eigenvalue weighted by Gasteiger charge is -2.13. The van der Waals surface area contributed by atoms with E-state index in [1.54, 1.807) is 0 Å². The van der Waals surface area contributed by atoms with Crippen LogP contribution in [0.3, 0.4) is 0 Å². The highest BCUT2D eigenvalue weighted by molar-refractivity contribution is 7.82. The highest BCUT2D eigenvalue weighted by Crippen LogP contribution is 2.18. The summed E-state index contributed by atoms with van der Waals surface area (Å²) in [6.45, 7) is 6.13. The van der Waals surface area contributed by atoms with Crippen LogP contribution >= 0.6 is 0 Å². The zero-order chi connectivity index (χ0) is 11.5. The quantitative estimate of drug-likeness (QED) is 0.809. The molecule has 1 fully saturated rings. The van der Waals surface area contributed by atoms with E-state index in [1.165, 1.54) is 5.56 Å². The highest BCUT2D eigenvalue weighted by Gasteiger charge is 2.20. The van der Waals surface area contributed by atoms with Gasteiger partial charge in [-0.05, 0) is 30.4 Å². The first-order valence-corrected chi connectivity index (χ1v) is 6.92. The fourth-order valence-electron chi connectivity index (χ4n) is 1.82. The Hall–Kier alpha value is -0.740. The molecule has 0 radical (unpaired) electrons. The first-order valence-electron chi connectivity index (χ1n) is 5.81. The lowest BCUT2D eigenvalue weighted by molar-refractivity contribution is 0.533. The molecule has 0 saturated carbocycles. The van der Waals surface area contributed by atoms with Crippen molar-refractivity contribution >= 4 is 11.0 Å². The lowest BCUT2D eigenvalue weighted by atomic mass is 10.1. The maximum absolute atomic E-state index is 12.1. The first kappa shape index (κ1) is 11.7. The van der Waals surface area contributed by atoms with Crippen molar-refractivity contribution in [3.05, 3.63) is 23.9 Å². The van der Waals surface area contributed by atoms with E-state index in [-0.39, 0.29) is 0 Å². The van der Waals surface area contributed by atoms with E-state index in [0.717, 1.165) is 25.9 Å². The number of hydrogen-bond donors (Lipinski definition) is 0. The fraction of sp³-hybridized carbons (Fsp3) is 0.583. The van der Waals surface area contributed by atoms with Gasteiger partial charge in [0, 0.05) is 19.3 Å². The van der Waals surface area contributed by atoms with Crippen molar-refractivity contribution in [3.8, 4) is 0 Å². The molecular weight excluding hydrogens is 220 g/mol. The van der Waals surface area contributed by atoms with Crippen LogP contribution in [0.5, 0.6) is 0 Å². The average molecular weight is 238 g/mol. The van der Waals surface area contributed by atoms with Gasteiger partial charge < -0.3 is 0 Å². The Bertz CT molecular complexity index is 369. The molecule has 1 aliphatic rings. The van der Waals surface area contributed by atoms with Crippen molar-refractivity contribution in [1.29, 1.82) is 0 Å². The van der Waals surface area contributed by atoms with Crippen LogP contribution in [0.2, 0.25) is 0 Å². The van der Waals surface area contributed by atoms with Crippen LogP contribution in [-0.4, -0.2) is 26.6 Å². The maximum Gasteiger partial charge on any atom is 0.146 e. The number of rotatable bonds is 3. The van der Waals surface area contributed by atoms with Gasteiger partial charge in [0.2, 0.25) is 0 Å². The Balaban J connectivity index is 2.11. The molecule has 1 saturated heterocycles. The van der Waals surface area contributed by atoms with E-state index in [2.05, 4.69) is 18.8 Å². The third kappa shape index (κ3) is 2.50. The number of nitrogens with zero attached hydrogens (tertiary/aromatic N) is 2. The zero-order valence-corrected chi connectivity index (χ0v) is 10.7. The topological polar surface area (TPSA) is 33.2 Å². The molecule has 0 amide bonds. The van der Waals surface area contributed by atoms with Crippen LogP contribution < -0.4 is 0 Å². The predicted molar refractivity (Wildman–Crippen MR) is 65.5 cm³/mol. The Morgan fingerprint density at radius 3 is 2.50 bits per heavy atom. The van der Waals surface area contributed by atoms with Gasteiger partial charge in [-0.25, -0.2) is 13.5 Å². The third-order valence-corrected chi connectivity index (χ3v) is 4.34. The van der Waals surface area contributed by atoms with E-state index < -0.39 is 11.0 Å². The van der Waals surface area contributed by atoms with Gasteiger partial charge in [0.25, 0.3) is 0 Å². The summed E-state index contributed by atoms with van der Waals surface area (Å²) in [5.74, 6) is 0.474. The van der Waals surface area contributed by atoms with Gasteiger partial charge in [-0.2, -0.15) is 0 Å². The summed E-state index contributed by atoms with van der Waals surface area (Å²) in [5.41, 5.74) is 1.20. The van der Waals surface area contributed by atoms with Crippen molar-refractivity contribution in [3.63, 3.8) is 0 Å². The van der Waals surface area contributed by atoms with Crippen LogP contribution in [0.15, 0.2) is 23.4 Å². The molecule has 16 heavy (non-hydrogen) atoms. The Kier molecular flexibility index (Phi) is 3.71. The Morgan fingerprint density at radius 2 is 2.00 bits per heavy atom. The summed E-state index contributed by atoms with van der Waals surface area (Å²) < 4.78 is 14.1. The summed E-state index contributed by atoms with van der Waals surface area (Å²) >= 11 is 0. The molecule has 0 bridgehead atoms. The number of hydrogen-bond acceptors (Lipinski definition) is 2. The van der Waals surface area contributed by atoms with Crippen LogP contribution in [0, 0.1) is 0 Å². The summed E-state index contributed by atoms with van der Waals surface area (Å²) in [4.78, 5) is 4.30. The van der Waals surface area contributed by atoms with Crippen molar-refractivity contribution in [2.24, 2.45) is 0 Å². The van der Waals surface area contributed by atoms with Crippen LogP contribution in [0.1, 0.15) is 38.2 Å². The normalized spacial score (nSPS) is 19.2. The van der Waals surface area contributed by atoms with Crippen molar-refractivity contribution in [2.75, 3.05) is 13.1 Å². The van der Waals surface area contributed by atoms with Gasteiger partial charge >= 0.3 is 0 Å². The first-order chi connectivity index (χ1) is 7.68. The van der Waals surface area contributed by atoms with Crippen molar-refractivity contribution < 1.29 is 4.21 Å². The van der Waals surface area contributed by atoms with Crippen LogP contribution in [0.25, 0.3) is 0 Å². The summed E-state index contributed by atoms with van der Waals surface area (Å²) in [6, 6.07) is 3.92. The molecule has 1 unspecified atom stereocenters. The molecular formula is C12H18N2OS. The van der Waals surface area contributed by atoms with E-state index in [0.29, 0.717) is 10.9 Å². The molecule has 3 nitrogen and oxygen atoms in total. The second kappa shape index (κ2) is 5.06. The zero-order valence-electron chi connectivity index (χ0n) is 9.85. The average Bonchev–Trinajstić information content (AvgIpc) is 2.81. The van der Waals surface area contributed by atoms with Gasteiger partial charge in [0.15, 0.2) is 0 Å². The van der Waals surface area contributed by atoms with Crippen LogP contribution in [0.4, 0.5) is 0 Å². The standard InChI is InChI=1S/C12H18N2OS/c1-10(2)11-5-6-12(13-9-11)16(15)14-7-3-4-8-14/h5-6,9-10H,3-4,7-8H2,1-2H3. The number of pyridine rings is 1. The SMILES string of the molecule is CC(C)c1ccc(S(=O)N2CCCC2)nc1. The largest absolute Gasteiger partial charge is 0.246 e. The molecule has 2 heterocycles. The lowest BCUT2D eigenvalue weighted by Crippen LogP contribution is -2.22. The van der Waals surface area contributed by atoms with Gasteiger partial charge in [-0.3, -0.25) is 0 Å². The van der Waals surface area contributed by atoms with E-state index in [1.807, 2.05) is 22.6 Å². The van der Waals surface area contributed by atoms with Gasteiger partial charge in [-0.15, -0.1) is 0 Å². The Labute approximate surface area is 99.5 Å². The van der Waals surface area contributed by atoms with E-state index in [9.17, 15) is 4.21 Å². The third-order valence-electron chi connectivity index (χ3n) is 2.90. The maximum atomic E-state index is 12.1. The molecule has 1 aliphatic heterocycles. The molecule has 1 atom stereocenters. The second-order valence-electron chi connectivity index (χ2n) is 4.47. The molecule has 2 rings (SSSR count). The molecule has 1 aromatic heterocycles. The van der Waals surface area contributed by atoms with Gasteiger partial charge in [0.1, 0.15) is 16.0 Å². The van der Waals surface area contributed by atoms with Crippen molar-refractivity contribution in [2.45, 2.75) is 37.6 Å². The molecule has 88 valence electrons. The minimum atomic E-state index is -1.06. The van der Waals surface area contributed by atoms with E-state index in [4.69, 9.17) is 0 Å². The molecule has 1 aromatic rings. The predicted octanol–water partition coefficient (Wildman–Crippen LogP) is 2.32. The van der Waals surface area contributed by atoms with Gasteiger partial charge in [0.05, 0.1) is 0 Å². The number of aromatic nitrogens is 1. The minimum absolute atomic E-state index is 0.474. The molecule has 0 spiro atoms. The minimum Gasteiger partial charge on any atom is -0.246 e. The fourth-order valence-corrected chi connectivity index (χ4v) is 3.00. The molecule has 0 aromatic carbocycles. The molecule has 0 aliphatic carbocycles. The van der Waals surface area contributed by atoms with Crippen molar-refractivity contribution in [1.82, 2.24) is 9.29 Å². The Morgan fingerprint density at radius 1 is 1.31 bits per heavy atom. The molecule has 0 N–H and O–H groups in total. The highest BCUT2D eigenvalue weighted by atomic mass is 32.2.